The fourth-order valence-corrected chi connectivity index (χ4v) is 2.13. The van der Waals surface area contributed by atoms with Gasteiger partial charge in [0.2, 0.25) is 0 Å². The predicted octanol–water partition coefficient (Wildman–Crippen LogP) is 2.85. The number of aromatic nitrogens is 1. The number of amides is 1. The van der Waals surface area contributed by atoms with Crippen molar-refractivity contribution in [1.82, 2.24) is 9.88 Å². The molecule has 1 aromatic carbocycles. The summed E-state index contributed by atoms with van der Waals surface area (Å²) in [6.45, 7) is 8.11. The third-order valence-electron chi connectivity index (χ3n) is 3.18. The van der Waals surface area contributed by atoms with Crippen LogP contribution in [0.2, 0.25) is 0 Å². The number of carbonyl (C=O) groups excluding carboxylic acids is 1. The van der Waals surface area contributed by atoms with E-state index in [2.05, 4.69) is 11.6 Å². The molecule has 0 aliphatic rings. The third kappa shape index (κ3) is 2.64. The molecule has 0 atom stereocenters. The Labute approximate surface area is 118 Å². The normalized spacial score (nSPS) is 10.8. The lowest BCUT2D eigenvalue weighted by Gasteiger charge is -2.25. The maximum atomic E-state index is 12.5. The van der Waals surface area contributed by atoms with Crippen LogP contribution in [0.25, 0.3) is 10.9 Å². The van der Waals surface area contributed by atoms with Crippen molar-refractivity contribution in [2.75, 3.05) is 12.3 Å². The van der Waals surface area contributed by atoms with Crippen LogP contribution >= 0.6 is 0 Å². The first-order chi connectivity index (χ1) is 9.54. The highest BCUT2D eigenvalue weighted by Crippen LogP contribution is 2.21. The lowest BCUT2D eigenvalue weighted by atomic mass is 10.1. The molecule has 0 radical (unpaired) electrons. The van der Waals surface area contributed by atoms with Gasteiger partial charge in [0.05, 0.1) is 5.52 Å². The maximum absolute atomic E-state index is 12.5. The van der Waals surface area contributed by atoms with Crippen LogP contribution in [0.15, 0.2) is 43.0 Å². The van der Waals surface area contributed by atoms with Gasteiger partial charge < -0.3 is 10.6 Å². The van der Waals surface area contributed by atoms with Gasteiger partial charge in [-0.25, -0.2) is 4.98 Å². The smallest absolute Gasteiger partial charge is 0.273 e. The summed E-state index contributed by atoms with van der Waals surface area (Å²) in [5.41, 5.74) is 7.69. The SMILES string of the molecule is C=CCN(C(=O)c1cc(N)c2ccccc2n1)C(C)C. The molecule has 4 nitrogen and oxygen atoms in total. The van der Waals surface area contributed by atoms with E-state index in [1.54, 1.807) is 17.0 Å². The molecule has 2 aromatic rings. The Kier molecular flexibility index (Phi) is 4.03. The van der Waals surface area contributed by atoms with Gasteiger partial charge in [-0.2, -0.15) is 0 Å². The van der Waals surface area contributed by atoms with Gasteiger partial charge in [-0.1, -0.05) is 24.3 Å². The second kappa shape index (κ2) is 5.74. The number of carbonyl (C=O) groups is 1. The third-order valence-corrected chi connectivity index (χ3v) is 3.18. The van der Waals surface area contributed by atoms with Crippen LogP contribution in [-0.2, 0) is 0 Å². The number of nitrogens with two attached hydrogens (primary N) is 1. The highest BCUT2D eigenvalue weighted by atomic mass is 16.2. The van der Waals surface area contributed by atoms with Crippen LogP contribution in [0.3, 0.4) is 0 Å². The number of pyridine rings is 1. The zero-order chi connectivity index (χ0) is 14.7. The first kappa shape index (κ1) is 14.1. The van der Waals surface area contributed by atoms with Gasteiger partial charge in [-0.05, 0) is 26.0 Å². The van der Waals surface area contributed by atoms with Crippen LogP contribution < -0.4 is 5.73 Å². The lowest BCUT2D eigenvalue weighted by Crippen LogP contribution is -2.37. The number of hydrogen-bond acceptors (Lipinski definition) is 3. The Morgan fingerprint density at radius 1 is 1.45 bits per heavy atom. The molecule has 0 aliphatic carbocycles. The molecule has 0 bridgehead atoms. The summed E-state index contributed by atoms with van der Waals surface area (Å²) in [4.78, 5) is 18.7. The largest absolute Gasteiger partial charge is 0.398 e. The fourth-order valence-electron chi connectivity index (χ4n) is 2.13. The van der Waals surface area contributed by atoms with E-state index >= 15 is 0 Å². The first-order valence-corrected chi connectivity index (χ1v) is 6.61. The maximum Gasteiger partial charge on any atom is 0.273 e. The van der Waals surface area contributed by atoms with Crippen LogP contribution in [0.4, 0.5) is 5.69 Å². The number of para-hydroxylation sites is 1. The average Bonchev–Trinajstić information content (AvgIpc) is 2.43. The van der Waals surface area contributed by atoms with Crippen LogP contribution in [0.5, 0.6) is 0 Å². The number of nitrogen functional groups attached to an aromatic ring is 1. The highest BCUT2D eigenvalue weighted by Gasteiger charge is 2.19. The van der Waals surface area contributed by atoms with Gasteiger partial charge in [-0.3, -0.25) is 4.79 Å². The first-order valence-electron chi connectivity index (χ1n) is 6.61. The van der Waals surface area contributed by atoms with Crippen molar-refractivity contribution in [2.24, 2.45) is 0 Å². The van der Waals surface area contributed by atoms with E-state index in [0.717, 1.165) is 10.9 Å². The number of hydrogen-bond donors (Lipinski definition) is 1. The Hall–Kier alpha value is -2.36. The summed E-state index contributed by atoms with van der Waals surface area (Å²) in [7, 11) is 0. The summed E-state index contributed by atoms with van der Waals surface area (Å²) < 4.78 is 0. The van der Waals surface area contributed by atoms with Crippen molar-refractivity contribution < 1.29 is 4.79 Å². The van der Waals surface area contributed by atoms with Crippen LogP contribution in [0.1, 0.15) is 24.3 Å². The number of anilines is 1. The number of nitrogens with zero attached hydrogens (tertiary/aromatic N) is 2. The number of benzene rings is 1. The van der Waals surface area contributed by atoms with Gasteiger partial charge in [0.15, 0.2) is 0 Å². The van der Waals surface area contributed by atoms with Crippen molar-refractivity contribution in [3.05, 3.63) is 48.7 Å². The number of fused-ring (bicyclic) bond motifs is 1. The molecule has 1 heterocycles. The molecule has 20 heavy (non-hydrogen) atoms. The summed E-state index contributed by atoms with van der Waals surface area (Å²) >= 11 is 0. The Morgan fingerprint density at radius 2 is 2.15 bits per heavy atom. The van der Waals surface area contributed by atoms with Crippen LogP contribution in [-0.4, -0.2) is 28.4 Å². The zero-order valence-corrected chi connectivity index (χ0v) is 11.8. The minimum Gasteiger partial charge on any atom is -0.398 e. The molecule has 0 spiro atoms. The molecular weight excluding hydrogens is 250 g/mol. The zero-order valence-electron chi connectivity index (χ0n) is 11.8. The second-order valence-electron chi connectivity index (χ2n) is 4.95. The van der Waals surface area contributed by atoms with Gasteiger partial charge in [-0.15, -0.1) is 6.58 Å². The molecule has 0 aliphatic heterocycles. The fraction of sp³-hybridized carbons (Fsp3) is 0.250. The second-order valence-corrected chi connectivity index (χ2v) is 4.95. The molecule has 2 rings (SSSR count). The van der Waals surface area contributed by atoms with Crippen molar-refractivity contribution in [1.29, 1.82) is 0 Å². The van der Waals surface area contributed by atoms with Crippen molar-refractivity contribution in [3.63, 3.8) is 0 Å². The van der Waals surface area contributed by atoms with E-state index in [4.69, 9.17) is 5.73 Å². The van der Waals surface area contributed by atoms with E-state index in [9.17, 15) is 4.79 Å². The van der Waals surface area contributed by atoms with E-state index in [1.165, 1.54) is 0 Å². The topological polar surface area (TPSA) is 59.2 Å². The highest BCUT2D eigenvalue weighted by molar-refractivity contribution is 5.99. The molecule has 0 saturated heterocycles. The Morgan fingerprint density at radius 3 is 2.80 bits per heavy atom. The summed E-state index contributed by atoms with van der Waals surface area (Å²) in [6, 6.07) is 9.26. The minimum absolute atomic E-state index is 0.0787. The van der Waals surface area contributed by atoms with Crippen molar-refractivity contribution in [3.8, 4) is 0 Å². The van der Waals surface area contributed by atoms with Gasteiger partial charge >= 0.3 is 0 Å². The van der Waals surface area contributed by atoms with Gasteiger partial charge in [0.25, 0.3) is 5.91 Å². The standard InChI is InChI=1S/C16H19N3O/c1-4-9-19(11(2)3)16(20)15-10-13(17)12-7-5-6-8-14(12)18-15/h4-8,10-11H,1,9H2,2-3H3,(H2,17,18). The molecule has 104 valence electrons. The summed E-state index contributed by atoms with van der Waals surface area (Å²) in [6.07, 6.45) is 1.71. The summed E-state index contributed by atoms with van der Waals surface area (Å²) in [5, 5.41) is 0.865. The van der Waals surface area contributed by atoms with E-state index in [1.807, 2.05) is 38.1 Å². The molecule has 4 heteroatoms. The quantitative estimate of drug-likeness (QED) is 0.868. The van der Waals surface area contributed by atoms with Crippen molar-refractivity contribution >= 4 is 22.5 Å². The molecule has 0 saturated carbocycles. The monoisotopic (exact) mass is 269 g/mol. The van der Waals surface area contributed by atoms with Gasteiger partial charge in [0, 0.05) is 23.7 Å². The Bertz CT molecular complexity index is 649. The average molecular weight is 269 g/mol. The molecule has 0 unspecified atom stereocenters. The minimum atomic E-state index is -0.127. The molecule has 1 aromatic heterocycles. The molecular formula is C16H19N3O. The summed E-state index contributed by atoms with van der Waals surface area (Å²) in [5.74, 6) is -0.127. The van der Waals surface area contributed by atoms with E-state index < -0.39 is 0 Å². The lowest BCUT2D eigenvalue weighted by molar-refractivity contribution is 0.0723. The van der Waals surface area contributed by atoms with Crippen molar-refractivity contribution in [2.45, 2.75) is 19.9 Å². The van der Waals surface area contributed by atoms with E-state index in [0.29, 0.717) is 17.9 Å². The Balaban J connectivity index is 2.46. The molecule has 0 fully saturated rings. The van der Waals surface area contributed by atoms with Gasteiger partial charge in [0.1, 0.15) is 5.69 Å². The van der Waals surface area contributed by atoms with E-state index in [-0.39, 0.29) is 11.9 Å². The number of rotatable bonds is 4. The molecule has 1 amide bonds. The predicted molar refractivity (Wildman–Crippen MR) is 82.5 cm³/mol. The molecule has 2 N–H and O–H groups in total. The van der Waals surface area contributed by atoms with Crippen LogP contribution in [0, 0.1) is 0 Å².